The second-order valence-electron chi connectivity index (χ2n) is 7.67. The number of amides is 1. The summed E-state index contributed by atoms with van der Waals surface area (Å²) in [6, 6.07) is 9.31. The number of aryl methyl sites for hydroxylation is 2. The number of rotatable bonds is 7. The van der Waals surface area contributed by atoms with Gasteiger partial charge in [-0.25, -0.2) is 9.67 Å². The molecule has 7 nitrogen and oxygen atoms in total. The third-order valence-electron chi connectivity index (χ3n) is 5.31. The number of nitrogens with one attached hydrogen (secondary N) is 1. The maximum absolute atomic E-state index is 13.3. The Morgan fingerprint density at radius 2 is 1.97 bits per heavy atom. The zero-order valence-electron chi connectivity index (χ0n) is 18.2. The number of carbonyl (C=O) groups excluding carboxylic acids is 1. The summed E-state index contributed by atoms with van der Waals surface area (Å²) >= 11 is 0. The first kappa shape index (κ1) is 21.5. The monoisotopic (exact) mass is 407 g/mol. The maximum atomic E-state index is 13.3. The van der Waals surface area contributed by atoms with E-state index in [0.717, 1.165) is 11.3 Å². The van der Waals surface area contributed by atoms with Gasteiger partial charge in [0.1, 0.15) is 17.7 Å². The van der Waals surface area contributed by atoms with Crippen molar-refractivity contribution in [1.82, 2.24) is 24.6 Å². The van der Waals surface area contributed by atoms with Crippen LogP contribution in [0.3, 0.4) is 0 Å². The van der Waals surface area contributed by atoms with Gasteiger partial charge in [0.05, 0.1) is 6.04 Å². The molecule has 158 valence electrons. The number of pyridine rings is 1. The minimum Gasteiger partial charge on any atom is -0.342 e. The summed E-state index contributed by atoms with van der Waals surface area (Å²) in [5.74, 6) is 0.631. The van der Waals surface area contributed by atoms with E-state index in [-0.39, 0.29) is 17.2 Å². The van der Waals surface area contributed by atoms with Gasteiger partial charge in [0.25, 0.3) is 11.5 Å². The van der Waals surface area contributed by atoms with Crippen molar-refractivity contribution in [3.8, 4) is 5.69 Å². The van der Waals surface area contributed by atoms with Crippen LogP contribution in [0, 0.1) is 6.92 Å². The van der Waals surface area contributed by atoms with Crippen LogP contribution < -0.4 is 10.9 Å². The minimum absolute atomic E-state index is 0.147. The molecule has 0 saturated heterocycles. The number of aromatic nitrogens is 4. The van der Waals surface area contributed by atoms with E-state index >= 15 is 0 Å². The zero-order valence-corrected chi connectivity index (χ0v) is 18.2. The quantitative estimate of drug-likeness (QED) is 0.646. The van der Waals surface area contributed by atoms with Crippen LogP contribution in [0.15, 0.2) is 47.7 Å². The van der Waals surface area contributed by atoms with Crippen LogP contribution in [-0.2, 0) is 6.54 Å². The molecular formula is C23H29N5O2. The van der Waals surface area contributed by atoms with Gasteiger partial charge in [0, 0.05) is 18.4 Å². The van der Waals surface area contributed by atoms with E-state index in [9.17, 15) is 9.59 Å². The second kappa shape index (κ2) is 9.07. The Kier molecular flexibility index (Phi) is 6.50. The highest BCUT2D eigenvalue weighted by atomic mass is 16.2. The third-order valence-corrected chi connectivity index (χ3v) is 5.31. The Labute approximate surface area is 176 Å². The van der Waals surface area contributed by atoms with Crippen molar-refractivity contribution < 1.29 is 4.79 Å². The van der Waals surface area contributed by atoms with Crippen molar-refractivity contribution in [1.29, 1.82) is 0 Å². The molecule has 1 amide bonds. The molecule has 0 fully saturated rings. The topological polar surface area (TPSA) is 81.8 Å². The van der Waals surface area contributed by atoms with Gasteiger partial charge in [0.15, 0.2) is 0 Å². The summed E-state index contributed by atoms with van der Waals surface area (Å²) < 4.78 is 3.28. The molecule has 0 aliphatic carbocycles. The van der Waals surface area contributed by atoms with E-state index in [0.29, 0.717) is 30.3 Å². The molecule has 3 aromatic rings. The molecule has 30 heavy (non-hydrogen) atoms. The summed E-state index contributed by atoms with van der Waals surface area (Å²) in [5.41, 5.74) is 2.34. The van der Waals surface area contributed by atoms with Crippen molar-refractivity contribution in [3.05, 3.63) is 75.7 Å². The van der Waals surface area contributed by atoms with Crippen LogP contribution in [0.4, 0.5) is 0 Å². The largest absolute Gasteiger partial charge is 0.342 e. The molecule has 7 heteroatoms. The standard InChI is InChI=1S/C23H29N5O2/c1-6-19(21-24-14-25-28(21)7-2)26-22(29)20-16(5)11-12-27(23(20)30)18-10-8-9-17(13-18)15(3)4/h8-15,19H,6-7H2,1-5H3,(H,26,29). The average molecular weight is 408 g/mol. The lowest BCUT2D eigenvalue weighted by Gasteiger charge is -2.18. The van der Waals surface area contributed by atoms with Crippen LogP contribution in [-0.4, -0.2) is 25.2 Å². The lowest BCUT2D eigenvalue weighted by Crippen LogP contribution is -2.36. The van der Waals surface area contributed by atoms with Gasteiger partial charge in [0.2, 0.25) is 0 Å². The van der Waals surface area contributed by atoms with Gasteiger partial charge in [-0.2, -0.15) is 5.10 Å². The molecule has 0 saturated carbocycles. The molecule has 0 aliphatic heterocycles. The molecule has 1 N–H and O–H groups in total. The van der Waals surface area contributed by atoms with Crippen molar-refractivity contribution in [2.45, 2.75) is 59.5 Å². The molecule has 0 spiro atoms. The fraction of sp³-hybridized carbons (Fsp3) is 0.391. The summed E-state index contributed by atoms with van der Waals surface area (Å²) in [4.78, 5) is 30.7. The van der Waals surface area contributed by atoms with E-state index in [1.807, 2.05) is 38.1 Å². The molecule has 2 heterocycles. The van der Waals surface area contributed by atoms with Gasteiger partial charge >= 0.3 is 0 Å². The lowest BCUT2D eigenvalue weighted by molar-refractivity contribution is 0.0930. The summed E-state index contributed by atoms with van der Waals surface area (Å²) in [6.07, 6.45) is 3.84. The molecular weight excluding hydrogens is 378 g/mol. The second-order valence-corrected chi connectivity index (χ2v) is 7.67. The van der Waals surface area contributed by atoms with E-state index < -0.39 is 5.91 Å². The predicted octanol–water partition coefficient (Wildman–Crippen LogP) is 3.76. The van der Waals surface area contributed by atoms with Gasteiger partial charge in [-0.1, -0.05) is 32.9 Å². The molecule has 1 atom stereocenters. The number of benzene rings is 1. The van der Waals surface area contributed by atoms with Crippen molar-refractivity contribution in [3.63, 3.8) is 0 Å². The van der Waals surface area contributed by atoms with Crippen LogP contribution in [0.2, 0.25) is 0 Å². The van der Waals surface area contributed by atoms with Gasteiger partial charge in [-0.05, 0) is 55.5 Å². The highest BCUT2D eigenvalue weighted by Gasteiger charge is 2.23. The first-order chi connectivity index (χ1) is 14.4. The highest BCUT2D eigenvalue weighted by Crippen LogP contribution is 2.19. The van der Waals surface area contributed by atoms with Gasteiger partial charge in [-0.15, -0.1) is 0 Å². The Balaban J connectivity index is 1.98. The molecule has 3 rings (SSSR count). The molecule has 0 radical (unpaired) electrons. The van der Waals surface area contributed by atoms with Crippen LogP contribution in [0.25, 0.3) is 5.69 Å². The van der Waals surface area contributed by atoms with Crippen LogP contribution in [0.5, 0.6) is 0 Å². The van der Waals surface area contributed by atoms with E-state index in [4.69, 9.17) is 0 Å². The van der Waals surface area contributed by atoms with Crippen LogP contribution >= 0.6 is 0 Å². The molecule has 0 aliphatic rings. The SMILES string of the molecule is CCC(NC(=O)c1c(C)ccn(-c2cccc(C(C)C)c2)c1=O)c1ncnn1CC. The predicted molar refractivity (Wildman–Crippen MR) is 117 cm³/mol. The van der Waals surface area contributed by atoms with Crippen molar-refractivity contribution in [2.75, 3.05) is 0 Å². The maximum Gasteiger partial charge on any atom is 0.268 e. The Hall–Kier alpha value is -3.22. The van der Waals surface area contributed by atoms with Crippen molar-refractivity contribution in [2.24, 2.45) is 0 Å². The minimum atomic E-state index is -0.399. The lowest BCUT2D eigenvalue weighted by atomic mass is 10.0. The summed E-state index contributed by atoms with van der Waals surface area (Å²) in [5, 5.41) is 7.16. The normalized spacial score (nSPS) is 12.2. The van der Waals surface area contributed by atoms with Crippen LogP contribution in [0.1, 0.15) is 73.4 Å². The Morgan fingerprint density at radius 3 is 2.63 bits per heavy atom. The number of hydrogen-bond donors (Lipinski definition) is 1. The number of carbonyl (C=O) groups is 1. The van der Waals surface area contributed by atoms with Crippen molar-refractivity contribution >= 4 is 5.91 Å². The van der Waals surface area contributed by atoms with E-state index in [2.05, 4.69) is 29.2 Å². The zero-order chi connectivity index (χ0) is 21.8. The average Bonchev–Trinajstić information content (AvgIpc) is 3.20. The first-order valence-electron chi connectivity index (χ1n) is 10.4. The van der Waals surface area contributed by atoms with Gasteiger partial charge in [-0.3, -0.25) is 14.2 Å². The number of nitrogens with zero attached hydrogens (tertiary/aromatic N) is 4. The fourth-order valence-corrected chi connectivity index (χ4v) is 3.51. The molecule has 2 aromatic heterocycles. The van der Waals surface area contributed by atoms with E-state index in [1.54, 1.807) is 23.9 Å². The highest BCUT2D eigenvalue weighted by molar-refractivity contribution is 5.95. The fourth-order valence-electron chi connectivity index (χ4n) is 3.51. The molecule has 1 aromatic carbocycles. The van der Waals surface area contributed by atoms with E-state index in [1.165, 1.54) is 10.9 Å². The Morgan fingerprint density at radius 1 is 1.20 bits per heavy atom. The van der Waals surface area contributed by atoms with Gasteiger partial charge < -0.3 is 5.32 Å². The Bertz CT molecular complexity index is 1100. The smallest absolute Gasteiger partial charge is 0.268 e. The first-order valence-corrected chi connectivity index (χ1v) is 10.4. The third kappa shape index (κ3) is 4.20. The summed E-state index contributed by atoms with van der Waals surface area (Å²) in [7, 11) is 0. The molecule has 1 unspecified atom stereocenters. The number of hydrogen-bond acceptors (Lipinski definition) is 4. The summed E-state index contributed by atoms with van der Waals surface area (Å²) in [6.45, 7) is 10.6. The molecule has 0 bridgehead atoms.